The summed E-state index contributed by atoms with van der Waals surface area (Å²) in [6.45, 7) is 3.54. The summed E-state index contributed by atoms with van der Waals surface area (Å²) >= 11 is 0. The molecule has 2 aromatic heterocycles. The first-order valence-corrected chi connectivity index (χ1v) is 9.85. The van der Waals surface area contributed by atoms with Crippen molar-refractivity contribution in [2.24, 2.45) is 0 Å². The number of Topliss-reactive ketones (excluding diaryl/α,β-unsaturated/α-hetero) is 1. The van der Waals surface area contributed by atoms with Gasteiger partial charge in [-0.1, -0.05) is 42.4 Å². The van der Waals surface area contributed by atoms with E-state index in [4.69, 9.17) is 13.7 Å². The van der Waals surface area contributed by atoms with Gasteiger partial charge in [-0.3, -0.25) is 4.79 Å². The van der Waals surface area contributed by atoms with Gasteiger partial charge in [-0.05, 0) is 25.0 Å². The van der Waals surface area contributed by atoms with Gasteiger partial charge in [0.2, 0.25) is 0 Å². The fraction of sp³-hybridized carbons (Fsp3) is 0.217. The van der Waals surface area contributed by atoms with Crippen molar-refractivity contribution in [3.63, 3.8) is 0 Å². The molecule has 0 spiro atoms. The summed E-state index contributed by atoms with van der Waals surface area (Å²) in [7, 11) is 0. The van der Waals surface area contributed by atoms with Crippen LogP contribution in [0.25, 0.3) is 22.7 Å². The van der Waals surface area contributed by atoms with Crippen LogP contribution in [0.1, 0.15) is 46.8 Å². The summed E-state index contributed by atoms with van der Waals surface area (Å²) in [4.78, 5) is 12.3. The van der Waals surface area contributed by atoms with Gasteiger partial charge >= 0.3 is 0 Å². The molecule has 156 valence electrons. The van der Waals surface area contributed by atoms with E-state index >= 15 is 0 Å². The van der Waals surface area contributed by atoms with Crippen molar-refractivity contribution >= 4 is 5.78 Å². The van der Waals surface area contributed by atoms with Gasteiger partial charge in [0.1, 0.15) is 28.6 Å². The van der Waals surface area contributed by atoms with E-state index in [0.717, 1.165) is 5.56 Å². The zero-order valence-corrected chi connectivity index (χ0v) is 16.9. The molecule has 2 aromatic carbocycles. The molecule has 0 radical (unpaired) electrons. The lowest BCUT2D eigenvalue weighted by atomic mass is 10.0. The summed E-state index contributed by atoms with van der Waals surface area (Å²) in [5.74, 6) is 0.640. The molecule has 1 aliphatic carbocycles. The molecule has 31 heavy (non-hydrogen) atoms. The van der Waals surface area contributed by atoms with Gasteiger partial charge < -0.3 is 13.7 Å². The second-order valence-electron chi connectivity index (χ2n) is 7.48. The Labute approximate surface area is 176 Å². The predicted molar refractivity (Wildman–Crippen MR) is 108 cm³/mol. The molecule has 7 nitrogen and oxygen atoms in total. The number of nitrogens with zero attached hydrogens (tertiary/aromatic N) is 3. The number of aryl methyl sites for hydroxylation is 1. The Bertz CT molecular complexity index is 1280. The summed E-state index contributed by atoms with van der Waals surface area (Å²) in [6.07, 6.45) is 0.270. The molecule has 1 atom stereocenters. The second kappa shape index (κ2) is 7.46. The number of ketones is 1. The Morgan fingerprint density at radius 3 is 2.74 bits per heavy atom. The summed E-state index contributed by atoms with van der Waals surface area (Å²) < 4.78 is 31.1. The van der Waals surface area contributed by atoms with Gasteiger partial charge in [0.05, 0.1) is 5.56 Å². The maximum atomic E-state index is 14.2. The van der Waals surface area contributed by atoms with Crippen molar-refractivity contribution in [2.45, 2.75) is 32.8 Å². The highest BCUT2D eigenvalue weighted by molar-refractivity contribution is 6.03. The van der Waals surface area contributed by atoms with Crippen LogP contribution < -0.4 is 4.74 Å². The minimum Gasteiger partial charge on any atom is -0.483 e. The molecule has 0 amide bonds. The number of halogens is 1. The Balaban J connectivity index is 1.41. The SMILES string of the molecule is Cc1onc(-c2ccccc2)c1-c1nnc(COc2ccc(F)c3c2C(=O)C[C@H]3C)o1. The third-order valence-electron chi connectivity index (χ3n) is 5.36. The molecule has 0 bridgehead atoms. The van der Waals surface area contributed by atoms with Crippen LogP contribution >= 0.6 is 0 Å². The normalized spacial score (nSPS) is 15.3. The monoisotopic (exact) mass is 419 g/mol. The number of rotatable bonds is 5. The van der Waals surface area contributed by atoms with Crippen LogP contribution in [0, 0.1) is 12.7 Å². The van der Waals surface area contributed by atoms with Crippen LogP contribution in [0.4, 0.5) is 4.39 Å². The topological polar surface area (TPSA) is 91.3 Å². The Morgan fingerprint density at radius 1 is 1.13 bits per heavy atom. The van der Waals surface area contributed by atoms with Gasteiger partial charge in [0, 0.05) is 17.5 Å². The van der Waals surface area contributed by atoms with E-state index in [1.165, 1.54) is 12.1 Å². The first-order valence-electron chi connectivity index (χ1n) is 9.85. The quantitative estimate of drug-likeness (QED) is 0.444. The zero-order valence-electron chi connectivity index (χ0n) is 16.9. The molecule has 0 N–H and O–H groups in total. The average molecular weight is 419 g/mol. The summed E-state index contributed by atoms with van der Waals surface area (Å²) in [5, 5.41) is 12.3. The van der Waals surface area contributed by atoms with Crippen LogP contribution in [0.3, 0.4) is 0 Å². The fourth-order valence-electron chi connectivity index (χ4n) is 3.92. The third kappa shape index (κ3) is 3.30. The standard InChI is InChI=1S/C23H18FN3O4/c1-12-10-16(28)21-17(9-8-15(24)19(12)21)29-11-18-25-26-23(30-18)20-13(2)31-27-22(20)14-6-4-3-5-7-14/h3-9,12H,10-11H2,1-2H3/t12-/m1/s1. The van der Waals surface area contributed by atoms with E-state index in [-0.39, 0.29) is 36.5 Å². The van der Waals surface area contributed by atoms with Crippen LogP contribution in [-0.2, 0) is 6.61 Å². The molecule has 1 aliphatic rings. The van der Waals surface area contributed by atoms with Gasteiger partial charge in [0.25, 0.3) is 11.8 Å². The van der Waals surface area contributed by atoms with E-state index in [2.05, 4.69) is 15.4 Å². The first-order chi connectivity index (χ1) is 15.0. The van der Waals surface area contributed by atoms with Crippen molar-refractivity contribution < 1.29 is 22.9 Å². The van der Waals surface area contributed by atoms with E-state index in [1.54, 1.807) is 6.92 Å². The Kier molecular flexibility index (Phi) is 4.62. The number of carbonyl (C=O) groups is 1. The molecule has 4 aromatic rings. The van der Waals surface area contributed by atoms with Crippen LogP contribution in [0.2, 0.25) is 0 Å². The number of hydrogen-bond donors (Lipinski definition) is 0. The molecular weight excluding hydrogens is 401 g/mol. The lowest BCUT2D eigenvalue weighted by molar-refractivity contribution is 0.0985. The van der Waals surface area contributed by atoms with Gasteiger partial charge in [0.15, 0.2) is 12.4 Å². The third-order valence-corrected chi connectivity index (χ3v) is 5.36. The van der Waals surface area contributed by atoms with E-state index < -0.39 is 5.82 Å². The summed E-state index contributed by atoms with van der Waals surface area (Å²) in [5.41, 5.74) is 2.77. The molecule has 0 saturated carbocycles. The number of carbonyl (C=O) groups excluding carboxylic acids is 1. The molecule has 0 unspecified atom stereocenters. The predicted octanol–water partition coefficient (Wildman–Crippen LogP) is 5.11. The average Bonchev–Trinajstić information content (AvgIpc) is 3.46. The lowest BCUT2D eigenvalue weighted by Gasteiger charge is -2.10. The number of hydrogen-bond acceptors (Lipinski definition) is 7. The maximum Gasteiger partial charge on any atom is 0.254 e. The maximum absolute atomic E-state index is 14.2. The highest BCUT2D eigenvalue weighted by atomic mass is 19.1. The van der Waals surface area contributed by atoms with E-state index in [0.29, 0.717) is 33.9 Å². The lowest BCUT2D eigenvalue weighted by Crippen LogP contribution is -2.03. The number of ether oxygens (including phenoxy) is 1. The van der Waals surface area contributed by atoms with Crippen LogP contribution in [0.5, 0.6) is 5.75 Å². The molecule has 5 rings (SSSR count). The second-order valence-corrected chi connectivity index (χ2v) is 7.48. The van der Waals surface area contributed by atoms with Crippen molar-refractivity contribution in [1.29, 1.82) is 0 Å². The van der Waals surface area contributed by atoms with Crippen LogP contribution in [0.15, 0.2) is 51.4 Å². The minimum absolute atomic E-state index is 0.0578. The van der Waals surface area contributed by atoms with Gasteiger partial charge in [-0.2, -0.15) is 0 Å². The van der Waals surface area contributed by atoms with Crippen molar-refractivity contribution in [3.05, 3.63) is 71.1 Å². The molecule has 0 saturated heterocycles. The van der Waals surface area contributed by atoms with Crippen molar-refractivity contribution in [3.8, 4) is 28.5 Å². The van der Waals surface area contributed by atoms with Crippen molar-refractivity contribution in [2.75, 3.05) is 0 Å². The minimum atomic E-state index is -0.392. The zero-order chi connectivity index (χ0) is 21.5. The van der Waals surface area contributed by atoms with Crippen molar-refractivity contribution in [1.82, 2.24) is 15.4 Å². The largest absolute Gasteiger partial charge is 0.483 e. The first kappa shape index (κ1) is 19.2. The van der Waals surface area contributed by atoms with Gasteiger partial charge in [-0.15, -0.1) is 10.2 Å². The van der Waals surface area contributed by atoms with Gasteiger partial charge in [-0.25, -0.2) is 4.39 Å². The molecule has 8 heteroatoms. The Hall–Kier alpha value is -3.81. The molecular formula is C23H18FN3O4. The van der Waals surface area contributed by atoms with E-state index in [1.807, 2.05) is 37.3 Å². The highest BCUT2D eigenvalue weighted by Gasteiger charge is 2.32. The molecule has 0 aliphatic heterocycles. The number of fused-ring (bicyclic) bond motifs is 1. The van der Waals surface area contributed by atoms with Crippen LogP contribution in [-0.4, -0.2) is 21.1 Å². The molecule has 2 heterocycles. The number of aromatic nitrogens is 3. The smallest absolute Gasteiger partial charge is 0.254 e. The Morgan fingerprint density at radius 2 is 1.94 bits per heavy atom. The summed E-state index contributed by atoms with van der Waals surface area (Å²) in [6, 6.07) is 12.3. The van der Waals surface area contributed by atoms with E-state index in [9.17, 15) is 9.18 Å². The molecule has 0 fully saturated rings. The fourth-order valence-corrected chi connectivity index (χ4v) is 3.92. The number of benzene rings is 2. The highest BCUT2D eigenvalue weighted by Crippen LogP contribution is 2.40.